The summed E-state index contributed by atoms with van der Waals surface area (Å²) in [6.45, 7) is 4.74. The Kier molecular flexibility index (Phi) is 4.78. The molecule has 0 spiro atoms. The summed E-state index contributed by atoms with van der Waals surface area (Å²) < 4.78 is 10.9. The van der Waals surface area contributed by atoms with Crippen LogP contribution >= 0.6 is 0 Å². The van der Waals surface area contributed by atoms with Crippen LogP contribution in [-0.4, -0.2) is 92.3 Å². The lowest BCUT2D eigenvalue weighted by atomic mass is 10.1. The van der Waals surface area contributed by atoms with E-state index in [4.69, 9.17) is 9.47 Å². The summed E-state index contributed by atoms with van der Waals surface area (Å²) in [6, 6.07) is 3.61. The Morgan fingerprint density at radius 3 is 2.69 bits per heavy atom. The third kappa shape index (κ3) is 3.26. The number of amides is 2. The molecule has 26 heavy (non-hydrogen) atoms. The number of likely N-dealkylation sites (N-methyl/N-ethyl adjacent to an activating group) is 1. The fraction of sp³-hybridized carbons (Fsp3) is 0.611. The molecule has 1 aromatic heterocycles. The van der Waals surface area contributed by atoms with Gasteiger partial charge in [-0.2, -0.15) is 0 Å². The summed E-state index contributed by atoms with van der Waals surface area (Å²) in [5, 5.41) is 0. The lowest BCUT2D eigenvalue weighted by molar-refractivity contribution is -0.133. The third-order valence-electron chi connectivity index (χ3n) is 5.36. The lowest BCUT2D eigenvalue weighted by Crippen LogP contribution is -2.45. The predicted octanol–water partition coefficient (Wildman–Crippen LogP) is -0.153. The number of hydrogen-bond donors (Lipinski definition) is 0. The zero-order valence-electron chi connectivity index (χ0n) is 15.0. The minimum atomic E-state index is -0.294. The van der Waals surface area contributed by atoms with Crippen molar-refractivity contribution < 1.29 is 19.1 Å². The smallest absolute Gasteiger partial charge is 0.255 e. The van der Waals surface area contributed by atoms with E-state index >= 15 is 0 Å². The molecule has 4 rings (SSSR count). The Morgan fingerprint density at radius 1 is 1.15 bits per heavy atom. The molecule has 0 N–H and O–H groups in total. The molecule has 8 heteroatoms. The molecule has 0 aliphatic carbocycles. The molecule has 1 aromatic rings. The topological polar surface area (TPSA) is 75.2 Å². The standard InChI is InChI=1S/C18H24N4O4/c1-20-15-10-22(9-14(17(20)23)11-26-12-15)18(24)13-2-3-16(19-8-13)21-4-6-25-7-5-21/h2-3,8,14-15H,4-7,9-12H2,1H3/t14-,15+/m1/s1. The van der Waals surface area contributed by atoms with E-state index in [2.05, 4.69) is 9.88 Å². The van der Waals surface area contributed by atoms with Crippen molar-refractivity contribution in [3.05, 3.63) is 23.9 Å². The maximum Gasteiger partial charge on any atom is 0.255 e. The molecule has 8 nitrogen and oxygen atoms in total. The molecule has 0 radical (unpaired) electrons. The van der Waals surface area contributed by atoms with Crippen LogP contribution in [0.1, 0.15) is 10.4 Å². The molecule has 140 valence electrons. The predicted molar refractivity (Wildman–Crippen MR) is 94.0 cm³/mol. The fourth-order valence-corrected chi connectivity index (χ4v) is 3.74. The van der Waals surface area contributed by atoms with E-state index in [-0.39, 0.29) is 23.8 Å². The zero-order chi connectivity index (χ0) is 18.1. The van der Waals surface area contributed by atoms with Crippen LogP contribution in [0.5, 0.6) is 0 Å². The number of anilines is 1. The maximum absolute atomic E-state index is 13.0. The van der Waals surface area contributed by atoms with Gasteiger partial charge in [-0.05, 0) is 12.1 Å². The van der Waals surface area contributed by atoms with Gasteiger partial charge in [0.25, 0.3) is 5.91 Å². The molecule has 4 heterocycles. The average Bonchev–Trinajstić information content (AvgIpc) is 2.87. The van der Waals surface area contributed by atoms with E-state index in [0.29, 0.717) is 45.1 Å². The van der Waals surface area contributed by atoms with Crippen molar-refractivity contribution in [2.75, 3.05) is 64.6 Å². The highest BCUT2D eigenvalue weighted by Gasteiger charge is 2.38. The van der Waals surface area contributed by atoms with Gasteiger partial charge in [0.05, 0.1) is 44.0 Å². The van der Waals surface area contributed by atoms with Gasteiger partial charge in [0.2, 0.25) is 5.91 Å². The van der Waals surface area contributed by atoms with Crippen molar-refractivity contribution >= 4 is 17.6 Å². The SMILES string of the molecule is CN1C(=O)[C@H]2COC[C@@H]1CN(C(=O)c1ccc(N3CCOCC3)nc1)C2. The van der Waals surface area contributed by atoms with Gasteiger partial charge in [-0.25, -0.2) is 4.98 Å². The molecule has 0 aromatic carbocycles. The highest BCUT2D eigenvalue weighted by molar-refractivity contribution is 5.95. The first-order valence-electron chi connectivity index (χ1n) is 9.06. The number of carbonyl (C=O) groups excluding carboxylic acids is 2. The summed E-state index contributed by atoms with van der Waals surface area (Å²) in [7, 11) is 1.79. The normalized spacial score (nSPS) is 26.7. The van der Waals surface area contributed by atoms with Gasteiger partial charge < -0.3 is 24.2 Å². The Bertz CT molecular complexity index is 674. The first-order valence-corrected chi connectivity index (χ1v) is 9.06. The monoisotopic (exact) mass is 360 g/mol. The Morgan fingerprint density at radius 2 is 1.96 bits per heavy atom. The summed E-state index contributed by atoms with van der Waals surface area (Å²) in [5.74, 6) is 0.549. The summed E-state index contributed by atoms with van der Waals surface area (Å²) >= 11 is 0. The average molecular weight is 360 g/mol. The maximum atomic E-state index is 13.0. The fourth-order valence-electron chi connectivity index (χ4n) is 3.74. The van der Waals surface area contributed by atoms with Crippen LogP contribution in [0.4, 0.5) is 5.82 Å². The second-order valence-electron chi connectivity index (χ2n) is 7.05. The lowest BCUT2D eigenvalue weighted by Gasteiger charge is -2.30. The molecule has 0 saturated carbocycles. The van der Waals surface area contributed by atoms with Crippen LogP contribution in [-0.2, 0) is 14.3 Å². The van der Waals surface area contributed by atoms with Gasteiger partial charge in [0.1, 0.15) is 5.82 Å². The van der Waals surface area contributed by atoms with Crippen molar-refractivity contribution in [2.24, 2.45) is 5.92 Å². The Labute approximate surface area is 152 Å². The van der Waals surface area contributed by atoms with E-state index < -0.39 is 0 Å². The second kappa shape index (κ2) is 7.20. The summed E-state index contributed by atoms with van der Waals surface area (Å²) in [6.07, 6.45) is 1.63. The van der Waals surface area contributed by atoms with Crippen molar-refractivity contribution in [1.82, 2.24) is 14.8 Å². The number of fused-ring (bicyclic) bond motifs is 3. The van der Waals surface area contributed by atoms with Crippen LogP contribution in [0.25, 0.3) is 0 Å². The van der Waals surface area contributed by atoms with E-state index in [0.717, 1.165) is 18.9 Å². The number of nitrogens with zero attached hydrogens (tertiary/aromatic N) is 4. The molecular weight excluding hydrogens is 336 g/mol. The molecular formula is C18H24N4O4. The van der Waals surface area contributed by atoms with Crippen molar-refractivity contribution in [3.8, 4) is 0 Å². The number of hydrogen-bond acceptors (Lipinski definition) is 6. The third-order valence-corrected chi connectivity index (χ3v) is 5.36. The van der Waals surface area contributed by atoms with Crippen LogP contribution in [0.2, 0.25) is 0 Å². The quantitative estimate of drug-likeness (QED) is 0.730. The van der Waals surface area contributed by atoms with Crippen LogP contribution < -0.4 is 4.90 Å². The van der Waals surface area contributed by atoms with Crippen molar-refractivity contribution in [2.45, 2.75) is 6.04 Å². The highest BCUT2D eigenvalue weighted by atomic mass is 16.5. The van der Waals surface area contributed by atoms with Crippen molar-refractivity contribution in [1.29, 1.82) is 0 Å². The van der Waals surface area contributed by atoms with Gasteiger partial charge in [-0.3, -0.25) is 9.59 Å². The Hall–Kier alpha value is -2.19. The highest BCUT2D eigenvalue weighted by Crippen LogP contribution is 2.22. The molecule has 3 fully saturated rings. The van der Waals surface area contributed by atoms with Crippen LogP contribution in [0.15, 0.2) is 18.3 Å². The number of aromatic nitrogens is 1. The Balaban J connectivity index is 1.49. The number of pyridine rings is 1. The van der Waals surface area contributed by atoms with Gasteiger partial charge >= 0.3 is 0 Å². The van der Waals surface area contributed by atoms with E-state index in [9.17, 15) is 9.59 Å². The molecule has 3 aliphatic heterocycles. The second-order valence-corrected chi connectivity index (χ2v) is 7.05. The summed E-state index contributed by atoms with van der Waals surface area (Å²) in [5.41, 5.74) is 0.554. The molecule has 3 saturated heterocycles. The minimum absolute atomic E-state index is 0.0589. The van der Waals surface area contributed by atoms with Crippen LogP contribution in [0, 0.1) is 5.92 Å². The van der Waals surface area contributed by atoms with E-state index in [1.165, 1.54) is 0 Å². The molecule has 2 atom stereocenters. The molecule has 2 bridgehead atoms. The molecule has 3 aliphatic rings. The number of ether oxygens (including phenoxy) is 2. The van der Waals surface area contributed by atoms with E-state index in [1.54, 1.807) is 23.0 Å². The first-order chi connectivity index (χ1) is 12.6. The van der Waals surface area contributed by atoms with E-state index in [1.807, 2.05) is 12.1 Å². The van der Waals surface area contributed by atoms with Crippen molar-refractivity contribution in [3.63, 3.8) is 0 Å². The van der Waals surface area contributed by atoms with Gasteiger partial charge in [0, 0.05) is 39.4 Å². The molecule has 0 unspecified atom stereocenters. The number of carbonyl (C=O) groups is 2. The van der Waals surface area contributed by atoms with Gasteiger partial charge in [-0.1, -0.05) is 0 Å². The zero-order valence-corrected chi connectivity index (χ0v) is 15.0. The van der Waals surface area contributed by atoms with Crippen LogP contribution in [0.3, 0.4) is 0 Å². The number of rotatable bonds is 2. The van der Waals surface area contributed by atoms with Gasteiger partial charge in [-0.15, -0.1) is 0 Å². The summed E-state index contributed by atoms with van der Waals surface area (Å²) in [4.78, 5) is 35.5. The van der Waals surface area contributed by atoms with Gasteiger partial charge in [0.15, 0.2) is 0 Å². The largest absolute Gasteiger partial charge is 0.378 e. The molecule has 2 amide bonds. The minimum Gasteiger partial charge on any atom is -0.378 e. The number of morpholine rings is 1. The first kappa shape index (κ1) is 17.2.